The summed E-state index contributed by atoms with van der Waals surface area (Å²) in [6, 6.07) is 11.9. The fourth-order valence-electron chi connectivity index (χ4n) is 3.50. The van der Waals surface area contributed by atoms with Crippen LogP contribution in [0.2, 0.25) is 0 Å². The van der Waals surface area contributed by atoms with Crippen molar-refractivity contribution < 1.29 is 14.1 Å². The minimum atomic E-state index is -0.0794. The van der Waals surface area contributed by atoms with Crippen molar-refractivity contribution in [2.45, 2.75) is 32.2 Å². The van der Waals surface area contributed by atoms with Crippen LogP contribution in [-0.2, 0) is 4.79 Å². The van der Waals surface area contributed by atoms with Crippen LogP contribution in [0.4, 0.5) is 5.69 Å². The van der Waals surface area contributed by atoms with Gasteiger partial charge in [-0.1, -0.05) is 12.2 Å². The normalized spacial score (nSPS) is 16.0. The van der Waals surface area contributed by atoms with Gasteiger partial charge < -0.3 is 20.0 Å². The Hall–Kier alpha value is -2.18. The van der Waals surface area contributed by atoms with Crippen LogP contribution in [-0.4, -0.2) is 30.5 Å². The van der Waals surface area contributed by atoms with Crippen molar-refractivity contribution in [2.24, 2.45) is 0 Å². The third-order valence-electron chi connectivity index (χ3n) is 4.81. The van der Waals surface area contributed by atoms with Crippen LogP contribution >= 0.6 is 12.2 Å². The lowest BCUT2D eigenvalue weighted by Crippen LogP contribution is -3.13. The number of quaternary nitrogens is 1. The lowest BCUT2D eigenvalue weighted by atomic mass is 10.1. The third kappa shape index (κ3) is 4.93. The Kier molecular flexibility index (Phi) is 6.41. The van der Waals surface area contributed by atoms with Crippen molar-refractivity contribution in [3.05, 3.63) is 54.0 Å². The minimum absolute atomic E-state index is 0.0794. The molecule has 2 heterocycles. The Bertz CT molecular complexity index is 722. The molecule has 138 valence electrons. The monoisotopic (exact) mass is 372 g/mol. The van der Waals surface area contributed by atoms with Gasteiger partial charge in [-0.15, -0.1) is 0 Å². The molecule has 0 saturated carbocycles. The first kappa shape index (κ1) is 18.6. The predicted molar refractivity (Wildman–Crippen MR) is 106 cm³/mol. The Labute approximate surface area is 159 Å². The van der Waals surface area contributed by atoms with E-state index in [1.807, 2.05) is 30.3 Å². The minimum Gasteiger partial charge on any atom is -0.463 e. The molecule has 1 fully saturated rings. The second-order valence-corrected chi connectivity index (χ2v) is 7.16. The molecule has 1 aromatic carbocycles. The number of likely N-dealkylation sites (tertiary alicyclic amines) is 1. The van der Waals surface area contributed by atoms with Crippen LogP contribution in [0, 0.1) is 0 Å². The van der Waals surface area contributed by atoms with Crippen molar-refractivity contribution in [1.82, 2.24) is 5.32 Å². The standard InChI is InChI=1S/C20H25N3O2S/c1-15(24)22-17-9-7-16(8-10-17)20(26)21-14-18(19-6-5-13-25-19)23-11-3-2-4-12-23/h5-10,13,18H,2-4,11-12,14H2,1H3,(H,21,26)(H,22,24)/p+1/t18-/m1/s1. The van der Waals surface area contributed by atoms with E-state index in [2.05, 4.69) is 16.7 Å². The number of amides is 1. The second-order valence-electron chi connectivity index (χ2n) is 6.76. The van der Waals surface area contributed by atoms with E-state index in [0.717, 1.165) is 23.6 Å². The molecule has 1 atom stereocenters. The smallest absolute Gasteiger partial charge is 0.221 e. The Morgan fingerprint density at radius 1 is 1.19 bits per heavy atom. The zero-order chi connectivity index (χ0) is 18.4. The number of hydrogen-bond donors (Lipinski definition) is 3. The summed E-state index contributed by atoms with van der Waals surface area (Å²) in [6.07, 6.45) is 5.59. The first-order chi connectivity index (χ1) is 12.6. The number of hydrogen-bond acceptors (Lipinski definition) is 3. The van der Waals surface area contributed by atoms with Gasteiger partial charge in [0.2, 0.25) is 5.91 Å². The Morgan fingerprint density at radius 2 is 1.92 bits per heavy atom. The number of furan rings is 1. The zero-order valence-corrected chi connectivity index (χ0v) is 15.9. The molecular formula is C20H26N3O2S+. The molecule has 3 rings (SSSR count). The molecule has 1 aliphatic heterocycles. The highest BCUT2D eigenvalue weighted by Crippen LogP contribution is 2.13. The first-order valence-corrected chi connectivity index (χ1v) is 9.58. The van der Waals surface area contributed by atoms with E-state index in [0.29, 0.717) is 4.99 Å². The third-order valence-corrected chi connectivity index (χ3v) is 5.19. The van der Waals surface area contributed by atoms with E-state index in [9.17, 15) is 4.79 Å². The van der Waals surface area contributed by atoms with Crippen LogP contribution < -0.4 is 15.5 Å². The molecule has 1 aliphatic rings. The fraction of sp³-hybridized carbons (Fsp3) is 0.400. The van der Waals surface area contributed by atoms with Crippen molar-refractivity contribution in [2.75, 3.05) is 25.0 Å². The van der Waals surface area contributed by atoms with Gasteiger partial charge in [0.05, 0.1) is 25.9 Å². The number of anilines is 1. The molecular weight excluding hydrogens is 346 g/mol. The number of thiocarbonyl (C=S) groups is 1. The van der Waals surface area contributed by atoms with Gasteiger partial charge in [0, 0.05) is 18.2 Å². The molecule has 0 bridgehead atoms. The van der Waals surface area contributed by atoms with Gasteiger partial charge in [-0.25, -0.2) is 0 Å². The molecule has 0 unspecified atom stereocenters. The largest absolute Gasteiger partial charge is 0.463 e. The van der Waals surface area contributed by atoms with E-state index >= 15 is 0 Å². The topological polar surface area (TPSA) is 58.7 Å². The number of rotatable bonds is 6. The van der Waals surface area contributed by atoms with E-state index in [-0.39, 0.29) is 11.9 Å². The maximum absolute atomic E-state index is 11.1. The fourth-order valence-corrected chi connectivity index (χ4v) is 3.71. The van der Waals surface area contributed by atoms with Crippen LogP contribution in [0.15, 0.2) is 47.1 Å². The number of nitrogens with one attached hydrogen (secondary N) is 3. The molecule has 26 heavy (non-hydrogen) atoms. The van der Waals surface area contributed by atoms with Gasteiger partial charge in [0.1, 0.15) is 4.99 Å². The summed E-state index contributed by atoms with van der Waals surface area (Å²) in [5, 5.41) is 6.17. The number of carbonyl (C=O) groups excluding carboxylic acids is 1. The van der Waals surface area contributed by atoms with E-state index in [1.54, 1.807) is 11.2 Å². The maximum atomic E-state index is 11.1. The van der Waals surface area contributed by atoms with Crippen LogP contribution in [0.25, 0.3) is 0 Å². The molecule has 3 N–H and O–H groups in total. The summed E-state index contributed by atoms with van der Waals surface area (Å²) in [6.45, 7) is 4.59. The van der Waals surface area contributed by atoms with Gasteiger partial charge in [-0.05, 0) is 55.7 Å². The average molecular weight is 373 g/mol. The van der Waals surface area contributed by atoms with Gasteiger partial charge in [0.25, 0.3) is 0 Å². The van der Waals surface area contributed by atoms with Gasteiger partial charge in [-0.3, -0.25) is 4.79 Å². The molecule has 5 nitrogen and oxygen atoms in total. The number of carbonyl (C=O) groups is 1. The van der Waals surface area contributed by atoms with E-state index in [4.69, 9.17) is 16.6 Å². The Morgan fingerprint density at radius 3 is 2.54 bits per heavy atom. The first-order valence-electron chi connectivity index (χ1n) is 9.17. The molecule has 1 aromatic heterocycles. The highest BCUT2D eigenvalue weighted by atomic mass is 32.1. The van der Waals surface area contributed by atoms with E-state index < -0.39 is 0 Å². The van der Waals surface area contributed by atoms with Crippen molar-refractivity contribution in [3.8, 4) is 0 Å². The van der Waals surface area contributed by atoms with Gasteiger partial charge in [0.15, 0.2) is 11.8 Å². The summed E-state index contributed by atoms with van der Waals surface area (Å²) < 4.78 is 5.70. The van der Waals surface area contributed by atoms with Crippen molar-refractivity contribution in [1.29, 1.82) is 0 Å². The van der Waals surface area contributed by atoms with E-state index in [1.165, 1.54) is 39.3 Å². The highest BCUT2D eigenvalue weighted by Gasteiger charge is 2.28. The highest BCUT2D eigenvalue weighted by molar-refractivity contribution is 7.80. The lowest BCUT2D eigenvalue weighted by Gasteiger charge is -2.30. The van der Waals surface area contributed by atoms with Gasteiger partial charge in [-0.2, -0.15) is 0 Å². The number of piperidine rings is 1. The molecule has 0 radical (unpaired) electrons. The quantitative estimate of drug-likeness (QED) is 0.681. The second kappa shape index (κ2) is 8.96. The molecule has 1 saturated heterocycles. The molecule has 0 aliphatic carbocycles. The average Bonchev–Trinajstić information content (AvgIpc) is 3.17. The SMILES string of the molecule is CC(=O)Nc1ccc(C(=S)NC[C@H](c2ccco2)[NH+]2CCCCC2)cc1. The van der Waals surface area contributed by atoms with Crippen LogP contribution in [0.3, 0.4) is 0 Å². The maximum Gasteiger partial charge on any atom is 0.221 e. The Balaban J connectivity index is 1.62. The zero-order valence-electron chi connectivity index (χ0n) is 15.1. The molecule has 6 heteroatoms. The van der Waals surface area contributed by atoms with Crippen LogP contribution in [0.1, 0.15) is 43.6 Å². The molecule has 1 amide bonds. The summed E-state index contributed by atoms with van der Waals surface area (Å²) in [5.41, 5.74) is 1.72. The molecule has 0 spiro atoms. The predicted octanol–water partition coefficient (Wildman–Crippen LogP) is 2.31. The van der Waals surface area contributed by atoms with Crippen molar-refractivity contribution in [3.63, 3.8) is 0 Å². The molecule has 2 aromatic rings. The summed E-state index contributed by atoms with van der Waals surface area (Å²) in [4.78, 5) is 13.4. The lowest BCUT2D eigenvalue weighted by molar-refractivity contribution is -0.936. The summed E-state index contributed by atoms with van der Waals surface area (Å²) in [5.74, 6) is 0.933. The number of benzene rings is 1. The summed E-state index contributed by atoms with van der Waals surface area (Å²) >= 11 is 5.56. The summed E-state index contributed by atoms with van der Waals surface area (Å²) in [7, 11) is 0. The van der Waals surface area contributed by atoms with Gasteiger partial charge >= 0.3 is 0 Å². The van der Waals surface area contributed by atoms with Crippen molar-refractivity contribution >= 4 is 28.8 Å². The van der Waals surface area contributed by atoms with Crippen LogP contribution in [0.5, 0.6) is 0 Å².